The summed E-state index contributed by atoms with van der Waals surface area (Å²) in [5, 5.41) is 18.1. The maximum absolute atomic E-state index is 11.4. The van der Waals surface area contributed by atoms with E-state index in [-0.39, 0.29) is 9.77 Å². The number of aromatic nitrogens is 2. The van der Waals surface area contributed by atoms with Crippen LogP contribution in [0.2, 0.25) is 0 Å². The average molecular weight is 378 g/mol. The van der Waals surface area contributed by atoms with Crippen molar-refractivity contribution in [1.82, 2.24) is 9.97 Å². The molecule has 25 heavy (non-hydrogen) atoms. The maximum atomic E-state index is 11.4. The predicted octanol–water partition coefficient (Wildman–Crippen LogP) is 2.40. The summed E-state index contributed by atoms with van der Waals surface area (Å²) in [4.78, 5) is 20.8. The molecule has 0 unspecified atom stereocenters. The van der Waals surface area contributed by atoms with Gasteiger partial charge in [0.1, 0.15) is 21.3 Å². The van der Waals surface area contributed by atoms with Crippen molar-refractivity contribution in [3.8, 4) is 0 Å². The van der Waals surface area contributed by atoms with Gasteiger partial charge in [0.05, 0.1) is 10.3 Å². The number of fused-ring (bicyclic) bond motifs is 1. The normalized spacial score (nSPS) is 11.6. The Balaban J connectivity index is 2.08. The summed E-state index contributed by atoms with van der Waals surface area (Å²) in [6.07, 6.45) is 0. The van der Waals surface area contributed by atoms with Gasteiger partial charge in [0.2, 0.25) is 10.0 Å². The first-order valence-electron chi connectivity index (χ1n) is 7.07. The highest BCUT2D eigenvalue weighted by Crippen LogP contribution is 2.35. The molecule has 1 aromatic carbocycles. The minimum Gasteiger partial charge on any atom is -0.477 e. The molecule has 0 saturated carbocycles. The minimum atomic E-state index is -3.76. The highest BCUT2D eigenvalue weighted by molar-refractivity contribution is 7.89. The summed E-state index contributed by atoms with van der Waals surface area (Å²) in [5.41, 5.74) is 1.17. The molecule has 8 nitrogen and oxygen atoms in total. The molecule has 0 saturated heterocycles. The molecule has 2 heterocycles. The summed E-state index contributed by atoms with van der Waals surface area (Å²) in [6, 6.07) is 5.88. The number of benzene rings is 1. The van der Waals surface area contributed by atoms with E-state index in [1.54, 1.807) is 26.0 Å². The second-order valence-electron chi connectivity index (χ2n) is 5.36. The quantitative estimate of drug-likeness (QED) is 0.634. The molecule has 2 aromatic heterocycles. The predicted molar refractivity (Wildman–Crippen MR) is 94.9 cm³/mol. The molecule has 0 amide bonds. The molecule has 0 aliphatic carbocycles. The number of hydrogen-bond acceptors (Lipinski definition) is 7. The Morgan fingerprint density at radius 2 is 1.84 bits per heavy atom. The van der Waals surface area contributed by atoms with E-state index >= 15 is 0 Å². The zero-order chi connectivity index (χ0) is 18.4. The average Bonchev–Trinajstić information content (AvgIpc) is 2.84. The molecule has 0 atom stereocenters. The van der Waals surface area contributed by atoms with Crippen LogP contribution in [-0.2, 0) is 10.0 Å². The number of carboxylic acids is 1. The smallest absolute Gasteiger partial charge is 0.346 e. The number of nitrogens with one attached hydrogen (secondary N) is 1. The number of nitrogens with two attached hydrogens (primary N) is 1. The van der Waals surface area contributed by atoms with Crippen LogP contribution in [0, 0.1) is 13.8 Å². The Kier molecular flexibility index (Phi) is 4.19. The lowest BCUT2D eigenvalue weighted by Gasteiger charge is -2.09. The van der Waals surface area contributed by atoms with E-state index in [0.717, 1.165) is 11.3 Å². The van der Waals surface area contributed by atoms with E-state index in [0.29, 0.717) is 33.1 Å². The molecule has 10 heteroatoms. The molecule has 130 valence electrons. The van der Waals surface area contributed by atoms with Gasteiger partial charge in [-0.1, -0.05) is 0 Å². The number of hydrogen-bond donors (Lipinski definition) is 3. The fraction of sp³-hybridized carbons (Fsp3) is 0.133. The van der Waals surface area contributed by atoms with Crippen LogP contribution >= 0.6 is 11.3 Å². The lowest BCUT2D eigenvalue weighted by atomic mass is 10.2. The van der Waals surface area contributed by atoms with Gasteiger partial charge >= 0.3 is 5.97 Å². The number of carbonyl (C=O) groups is 1. The third-order valence-electron chi connectivity index (χ3n) is 3.54. The van der Waals surface area contributed by atoms with Crippen molar-refractivity contribution in [1.29, 1.82) is 0 Å². The second kappa shape index (κ2) is 6.06. The summed E-state index contributed by atoms with van der Waals surface area (Å²) in [6.45, 7) is 3.42. The lowest BCUT2D eigenvalue weighted by Crippen LogP contribution is -2.11. The number of primary sulfonamides is 1. The van der Waals surface area contributed by atoms with Crippen molar-refractivity contribution >= 4 is 49.1 Å². The number of aryl methyl sites for hydroxylation is 2. The number of carboxylic acid groups (broad SMARTS) is 1. The van der Waals surface area contributed by atoms with Gasteiger partial charge in [-0.2, -0.15) is 0 Å². The van der Waals surface area contributed by atoms with Crippen LogP contribution in [-0.4, -0.2) is 29.5 Å². The van der Waals surface area contributed by atoms with Gasteiger partial charge in [-0.15, -0.1) is 11.3 Å². The van der Waals surface area contributed by atoms with Gasteiger partial charge < -0.3 is 10.4 Å². The van der Waals surface area contributed by atoms with E-state index in [9.17, 15) is 18.3 Å². The van der Waals surface area contributed by atoms with Crippen molar-refractivity contribution in [2.24, 2.45) is 5.14 Å². The molecule has 0 spiro atoms. The van der Waals surface area contributed by atoms with E-state index in [1.165, 1.54) is 12.1 Å². The molecule has 4 N–H and O–H groups in total. The van der Waals surface area contributed by atoms with E-state index in [4.69, 9.17) is 5.14 Å². The van der Waals surface area contributed by atoms with Gasteiger partial charge in [0.15, 0.2) is 0 Å². The first kappa shape index (κ1) is 17.3. The van der Waals surface area contributed by atoms with Crippen LogP contribution in [0.25, 0.3) is 10.2 Å². The summed E-state index contributed by atoms with van der Waals surface area (Å²) in [7, 11) is -3.76. The van der Waals surface area contributed by atoms with Crippen LogP contribution in [0.1, 0.15) is 21.1 Å². The highest BCUT2D eigenvalue weighted by atomic mass is 32.2. The van der Waals surface area contributed by atoms with Crippen molar-refractivity contribution in [2.45, 2.75) is 18.7 Å². The van der Waals surface area contributed by atoms with Gasteiger partial charge in [0, 0.05) is 5.69 Å². The van der Waals surface area contributed by atoms with Gasteiger partial charge in [-0.05, 0) is 43.7 Å². The third-order valence-corrected chi connectivity index (χ3v) is 5.64. The monoisotopic (exact) mass is 378 g/mol. The molecule has 3 rings (SSSR count). The molecule has 0 aliphatic heterocycles. The molecule has 0 fully saturated rings. The van der Waals surface area contributed by atoms with Gasteiger partial charge in [-0.25, -0.2) is 28.3 Å². The molecule has 0 bridgehead atoms. The molecule has 3 aromatic rings. The number of thiophene rings is 1. The zero-order valence-corrected chi connectivity index (χ0v) is 14.9. The van der Waals surface area contributed by atoms with Crippen LogP contribution in [0.3, 0.4) is 0 Å². The second-order valence-corrected chi connectivity index (χ2v) is 7.92. The number of aromatic carboxylic acids is 1. The molecular weight excluding hydrogens is 364 g/mol. The highest BCUT2D eigenvalue weighted by Gasteiger charge is 2.19. The SMILES string of the molecule is Cc1nc(Nc2ccc(S(N)(=O)=O)cc2)c2c(C)c(C(=O)O)sc2n1. The Bertz CT molecular complexity index is 1090. The van der Waals surface area contributed by atoms with Crippen molar-refractivity contribution in [3.63, 3.8) is 0 Å². The van der Waals surface area contributed by atoms with Crippen molar-refractivity contribution < 1.29 is 18.3 Å². The Morgan fingerprint density at radius 3 is 2.40 bits per heavy atom. The Morgan fingerprint density at radius 1 is 1.20 bits per heavy atom. The Hall–Kier alpha value is -2.56. The van der Waals surface area contributed by atoms with E-state index < -0.39 is 16.0 Å². The topological polar surface area (TPSA) is 135 Å². The third kappa shape index (κ3) is 3.31. The standard InChI is InChI=1S/C15H14N4O4S2/c1-7-11-13(17-8(2)18-14(11)24-12(7)15(20)21)19-9-3-5-10(6-4-9)25(16,22)23/h3-6H,1-2H3,(H,20,21)(H2,16,22,23)(H,17,18,19). The van der Waals surface area contributed by atoms with Crippen molar-refractivity contribution in [3.05, 3.63) is 40.5 Å². The zero-order valence-electron chi connectivity index (χ0n) is 13.3. The van der Waals surface area contributed by atoms with Crippen molar-refractivity contribution in [2.75, 3.05) is 5.32 Å². The summed E-state index contributed by atoms with van der Waals surface area (Å²) in [5.74, 6) is -0.0527. The maximum Gasteiger partial charge on any atom is 0.346 e. The lowest BCUT2D eigenvalue weighted by molar-refractivity contribution is 0.0701. The molecule has 0 radical (unpaired) electrons. The van der Waals surface area contributed by atoms with Gasteiger partial charge in [0.25, 0.3) is 0 Å². The summed E-state index contributed by atoms with van der Waals surface area (Å²) >= 11 is 1.09. The first-order valence-corrected chi connectivity index (χ1v) is 9.44. The van der Waals surface area contributed by atoms with E-state index in [2.05, 4.69) is 15.3 Å². The van der Waals surface area contributed by atoms with Crippen LogP contribution in [0.4, 0.5) is 11.5 Å². The van der Waals surface area contributed by atoms with Crippen LogP contribution in [0.15, 0.2) is 29.2 Å². The molecule has 0 aliphatic rings. The van der Waals surface area contributed by atoms with E-state index in [1.807, 2.05) is 0 Å². The van der Waals surface area contributed by atoms with Gasteiger partial charge in [-0.3, -0.25) is 0 Å². The molecular formula is C15H14N4O4S2. The summed E-state index contributed by atoms with van der Waals surface area (Å²) < 4.78 is 22.6. The number of rotatable bonds is 4. The number of anilines is 2. The number of nitrogens with zero attached hydrogens (tertiary/aromatic N) is 2. The van der Waals surface area contributed by atoms with Crippen LogP contribution < -0.4 is 10.5 Å². The Labute approximate surface area is 147 Å². The fourth-order valence-corrected chi connectivity index (χ4v) is 3.99. The number of sulfonamides is 1. The first-order chi connectivity index (χ1) is 11.7. The largest absolute Gasteiger partial charge is 0.477 e. The minimum absolute atomic E-state index is 0.00180. The van der Waals surface area contributed by atoms with Crippen LogP contribution in [0.5, 0.6) is 0 Å². The fourth-order valence-electron chi connectivity index (χ4n) is 2.40.